The summed E-state index contributed by atoms with van der Waals surface area (Å²) in [5, 5.41) is 3.66. The quantitative estimate of drug-likeness (QED) is 0.193. The fraction of sp³-hybridized carbons (Fsp3) is 0.375. The molecule has 0 spiro atoms. The van der Waals surface area contributed by atoms with Crippen LogP contribution in [0.1, 0.15) is 32.8 Å². The fourth-order valence-corrected chi connectivity index (χ4v) is 6.79. The van der Waals surface area contributed by atoms with Gasteiger partial charge in [0.25, 0.3) is 10.0 Å². The van der Waals surface area contributed by atoms with E-state index in [2.05, 4.69) is 5.32 Å². The average Bonchev–Trinajstić information content (AvgIpc) is 3.03. The molecule has 0 aliphatic heterocycles. The maximum atomic E-state index is 14.4. The van der Waals surface area contributed by atoms with E-state index in [4.69, 9.17) is 49.0 Å². The van der Waals surface area contributed by atoms with E-state index in [0.29, 0.717) is 17.9 Å². The number of methoxy groups -OCH3 is 3. The van der Waals surface area contributed by atoms with Gasteiger partial charge >= 0.3 is 0 Å². The van der Waals surface area contributed by atoms with Crippen molar-refractivity contribution in [2.75, 3.05) is 38.7 Å². The highest BCUT2D eigenvalue weighted by molar-refractivity contribution is 7.92. The SMILES string of the molecule is CC[C@H](C(=O)NCC(C)C)N(Cc1c(Cl)cccc1Cl)C(=O)CN(c1cc(Cl)ccc1OC)S(=O)(=O)c1ccc(OC)c(OC)c1. The number of rotatable bonds is 15. The van der Waals surface area contributed by atoms with Crippen LogP contribution in [0.3, 0.4) is 0 Å². The van der Waals surface area contributed by atoms with Crippen LogP contribution in [0.4, 0.5) is 5.69 Å². The van der Waals surface area contributed by atoms with Crippen molar-refractivity contribution in [2.45, 2.75) is 44.7 Å². The highest BCUT2D eigenvalue weighted by Crippen LogP contribution is 2.37. The summed E-state index contributed by atoms with van der Waals surface area (Å²) < 4.78 is 45.8. The summed E-state index contributed by atoms with van der Waals surface area (Å²) in [5.74, 6) is -0.332. The van der Waals surface area contributed by atoms with Crippen molar-refractivity contribution < 1.29 is 32.2 Å². The topological polar surface area (TPSA) is 114 Å². The molecule has 0 bridgehead atoms. The van der Waals surface area contributed by atoms with Crippen molar-refractivity contribution in [1.82, 2.24) is 10.2 Å². The van der Waals surface area contributed by atoms with Crippen molar-refractivity contribution >= 4 is 62.3 Å². The number of hydrogen-bond donors (Lipinski definition) is 1. The molecule has 3 aromatic rings. The van der Waals surface area contributed by atoms with E-state index in [-0.39, 0.29) is 56.0 Å². The number of amides is 2. The number of sulfonamides is 1. The fourth-order valence-electron chi connectivity index (χ4n) is 4.67. The number of benzene rings is 3. The molecule has 3 rings (SSSR count). The lowest BCUT2D eigenvalue weighted by atomic mass is 10.1. The predicted molar refractivity (Wildman–Crippen MR) is 181 cm³/mol. The Kier molecular flexibility index (Phi) is 13.3. The molecule has 14 heteroatoms. The van der Waals surface area contributed by atoms with Crippen molar-refractivity contribution in [3.8, 4) is 17.2 Å². The molecule has 10 nitrogen and oxygen atoms in total. The minimum Gasteiger partial charge on any atom is -0.495 e. The molecule has 46 heavy (non-hydrogen) atoms. The molecule has 0 aromatic heterocycles. The lowest BCUT2D eigenvalue weighted by molar-refractivity contribution is -0.140. The monoisotopic (exact) mass is 713 g/mol. The largest absolute Gasteiger partial charge is 0.495 e. The van der Waals surface area contributed by atoms with Crippen LogP contribution in [0, 0.1) is 5.92 Å². The van der Waals surface area contributed by atoms with Crippen LogP contribution in [0.25, 0.3) is 0 Å². The van der Waals surface area contributed by atoms with Gasteiger partial charge in [-0.25, -0.2) is 8.42 Å². The van der Waals surface area contributed by atoms with Crippen molar-refractivity contribution in [1.29, 1.82) is 0 Å². The lowest BCUT2D eigenvalue weighted by Gasteiger charge is -2.34. The zero-order valence-electron chi connectivity index (χ0n) is 26.5. The molecule has 0 fully saturated rings. The van der Waals surface area contributed by atoms with Gasteiger partial charge in [0, 0.05) is 39.8 Å². The van der Waals surface area contributed by atoms with E-state index < -0.39 is 34.4 Å². The number of nitrogens with one attached hydrogen (secondary N) is 1. The Morgan fingerprint density at radius 2 is 1.48 bits per heavy atom. The molecule has 0 aliphatic carbocycles. The molecule has 0 saturated heterocycles. The Balaban J connectivity index is 2.20. The minimum atomic E-state index is -4.49. The van der Waals surface area contributed by atoms with Gasteiger partial charge in [-0.1, -0.05) is 61.6 Å². The normalized spacial score (nSPS) is 12.0. The number of carbonyl (C=O) groups is 2. The van der Waals surface area contributed by atoms with Gasteiger partial charge in [-0.3, -0.25) is 13.9 Å². The van der Waals surface area contributed by atoms with Crippen LogP contribution >= 0.6 is 34.8 Å². The second-order valence-electron chi connectivity index (χ2n) is 10.6. The Bertz CT molecular complexity index is 1630. The Morgan fingerprint density at radius 3 is 2.04 bits per heavy atom. The minimum absolute atomic E-state index is 0.00571. The molecule has 1 N–H and O–H groups in total. The van der Waals surface area contributed by atoms with Gasteiger partial charge in [-0.05, 0) is 54.8 Å². The highest BCUT2D eigenvalue weighted by atomic mass is 35.5. The zero-order chi connectivity index (χ0) is 34.2. The van der Waals surface area contributed by atoms with Gasteiger partial charge in [0.1, 0.15) is 18.3 Å². The van der Waals surface area contributed by atoms with E-state index >= 15 is 0 Å². The third-order valence-corrected chi connectivity index (χ3v) is 9.79. The van der Waals surface area contributed by atoms with E-state index in [9.17, 15) is 18.0 Å². The lowest BCUT2D eigenvalue weighted by Crippen LogP contribution is -2.52. The summed E-state index contributed by atoms with van der Waals surface area (Å²) in [4.78, 5) is 29.0. The van der Waals surface area contributed by atoms with Crippen molar-refractivity contribution in [2.24, 2.45) is 5.92 Å². The number of ether oxygens (including phenoxy) is 3. The van der Waals surface area contributed by atoms with Crippen LogP contribution in [0.2, 0.25) is 15.1 Å². The molecule has 0 aliphatic rings. The number of nitrogens with zero attached hydrogens (tertiary/aromatic N) is 2. The Labute approximate surface area is 285 Å². The standard InChI is InChI=1S/C32H38Cl3N3O7S/c1-7-26(32(40)36-17-20(2)3)37(18-23-24(34)9-8-10-25(23)35)31(39)19-38(27-15-21(33)11-13-28(27)43-4)46(41,42)22-12-14-29(44-5)30(16-22)45-6/h8-16,20,26H,7,17-19H2,1-6H3,(H,36,40)/t26-/m1/s1. The average molecular weight is 715 g/mol. The molecule has 0 radical (unpaired) electrons. The first-order chi connectivity index (χ1) is 21.8. The zero-order valence-corrected chi connectivity index (χ0v) is 29.6. The molecular weight excluding hydrogens is 677 g/mol. The van der Waals surface area contributed by atoms with Crippen LogP contribution in [0.5, 0.6) is 17.2 Å². The highest BCUT2D eigenvalue weighted by Gasteiger charge is 2.36. The Hall–Kier alpha value is -3.38. The smallest absolute Gasteiger partial charge is 0.265 e. The summed E-state index contributed by atoms with van der Waals surface area (Å²) in [6.07, 6.45) is 0.223. The molecule has 1 atom stereocenters. The van der Waals surface area contributed by atoms with Gasteiger partial charge in [0.2, 0.25) is 11.8 Å². The van der Waals surface area contributed by atoms with Gasteiger partial charge in [0.15, 0.2) is 11.5 Å². The van der Waals surface area contributed by atoms with Gasteiger partial charge < -0.3 is 24.4 Å². The van der Waals surface area contributed by atoms with Crippen LogP contribution in [-0.2, 0) is 26.2 Å². The second kappa shape index (κ2) is 16.4. The van der Waals surface area contributed by atoms with Crippen LogP contribution < -0.4 is 23.8 Å². The van der Waals surface area contributed by atoms with Gasteiger partial charge in [0.05, 0.1) is 31.9 Å². The van der Waals surface area contributed by atoms with E-state index in [1.165, 1.54) is 62.6 Å². The molecular formula is C32H38Cl3N3O7S. The Morgan fingerprint density at radius 1 is 0.870 bits per heavy atom. The van der Waals surface area contributed by atoms with Crippen molar-refractivity contribution in [3.63, 3.8) is 0 Å². The summed E-state index contributed by atoms with van der Waals surface area (Å²) >= 11 is 19.3. The van der Waals surface area contributed by atoms with E-state index in [1.807, 2.05) is 13.8 Å². The third kappa shape index (κ3) is 8.70. The van der Waals surface area contributed by atoms with Gasteiger partial charge in [-0.2, -0.15) is 0 Å². The number of hydrogen-bond acceptors (Lipinski definition) is 7. The summed E-state index contributed by atoms with van der Waals surface area (Å²) in [7, 11) is -0.322. The molecule has 0 saturated carbocycles. The van der Waals surface area contributed by atoms with Crippen LogP contribution in [0.15, 0.2) is 59.5 Å². The van der Waals surface area contributed by atoms with Crippen molar-refractivity contribution in [3.05, 3.63) is 75.2 Å². The number of carbonyl (C=O) groups excluding carboxylic acids is 2. The third-order valence-electron chi connectivity index (χ3n) is 7.09. The predicted octanol–water partition coefficient (Wildman–Crippen LogP) is 6.45. The number of halogens is 3. The van der Waals surface area contributed by atoms with Crippen LogP contribution in [-0.4, -0.2) is 65.6 Å². The first kappa shape index (κ1) is 37.1. The molecule has 0 heterocycles. The molecule has 0 unspecified atom stereocenters. The summed E-state index contributed by atoms with van der Waals surface area (Å²) in [6.45, 7) is 5.13. The first-order valence-corrected chi connectivity index (χ1v) is 16.9. The van der Waals surface area contributed by atoms with Gasteiger partial charge in [-0.15, -0.1) is 0 Å². The maximum absolute atomic E-state index is 14.4. The second-order valence-corrected chi connectivity index (χ2v) is 13.7. The first-order valence-electron chi connectivity index (χ1n) is 14.4. The van der Waals surface area contributed by atoms with E-state index in [0.717, 1.165) is 4.31 Å². The summed E-state index contributed by atoms with van der Waals surface area (Å²) in [6, 6.07) is 12.4. The number of anilines is 1. The summed E-state index contributed by atoms with van der Waals surface area (Å²) in [5.41, 5.74) is 0.412. The maximum Gasteiger partial charge on any atom is 0.265 e. The van der Waals surface area contributed by atoms with E-state index in [1.54, 1.807) is 25.1 Å². The molecule has 250 valence electrons. The molecule has 3 aromatic carbocycles. The molecule has 2 amide bonds.